The van der Waals surface area contributed by atoms with Gasteiger partial charge in [-0.15, -0.1) is 0 Å². The van der Waals surface area contributed by atoms with Gasteiger partial charge in [0.15, 0.2) is 5.96 Å². The van der Waals surface area contributed by atoms with Gasteiger partial charge in [0.1, 0.15) is 0 Å². The summed E-state index contributed by atoms with van der Waals surface area (Å²) < 4.78 is 2.09. The van der Waals surface area contributed by atoms with Crippen LogP contribution in [0, 0.1) is 0 Å². The van der Waals surface area contributed by atoms with E-state index in [9.17, 15) is 0 Å². The Morgan fingerprint density at radius 2 is 1.61 bits per heavy atom. The van der Waals surface area contributed by atoms with Crippen molar-refractivity contribution >= 4 is 5.96 Å². The number of imidazole rings is 1. The van der Waals surface area contributed by atoms with Crippen LogP contribution in [0.4, 0.5) is 0 Å². The lowest BCUT2D eigenvalue weighted by Gasteiger charge is -2.19. The van der Waals surface area contributed by atoms with Gasteiger partial charge < -0.3 is 15.2 Å². The largest absolute Gasteiger partial charge is 0.356 e. The molecule has 0 amide bonds. The van der Waals surface area contributed by atoms with Crippen LogP contribution >= 0.6 is 0 Å². The Kier molecular flexibility index (Phi) is 7.67. The highest BCUT2D eigenvalue weighted by Gasteiger charge is 2.13. The van der Waals surface area contributed by atoms with Crippen molar-refractivity contribution in [1.29, 1.82) is 0 Å². The van der Waals surface area contributed by atoms with Crippen LogP contribution in [0.25, 0.3) is 0 Å². The van der Waals surface area contributed by atoms with E-state index in [4.69, 9.17) is 0 Å². The number of aryl methyl sites for hydroxylation is 1. The molecular formula is C23H29N5. The Morgan fingerprint density at radius 3 is 2.18 bits per heavy atom. The molecular weight excluding hydrogens is 346 g/mol. The van der Waals surface area contributed by atoms with Crippen LogP contribution < -0.4 is 10.6 Å². The summed E-state index contributed by atoms with van der Waals surface area (Å²) in [6.45, 7) is 2.68. The number of hydrogen-bond acceptors (Lipinski definition) is 2. The SMILES string of the molecule is CN=C(NCCCn1ccnc1)NCCC(c1ccccc1)c1ccccc1. The lowest BCUT2D eigenvalue weighted by Crippen LogP contribution is -2.38. The summed E-state index contributed by atoms with van der Waals surface area (Å²) >= 11 is 0. The number of aliphatic imine (C=N–C) groups is 1. The Morgan fingerprint density at radius 1 is 0.964 bits per heavy atom. The lowest BCUT2D eigenvalue weighted by molar-refractivity contribution is 0.620. The van der Waals surface area contributed by atoms with E-state index in [1.54, 1.807) is 0 Å². The number of hydrogen-bond donors (Lipinski definition) is 2. The second kappa shape index (κ2) is 10.9. The highest BCUT2D eigenvalue weighted by atomic mass is 15.2. The van der Waals surface area contributed by atoms with Gasteiger partial charge in [0.05, 0.1) is 6.33 Å². The van der Waals surface area contributed by atoms with Gasteiger partial charge in [-0.3, -0.25) is 4.99 Å². The highest BCUT2D eigenvalue weighted by Crippen LogP contribution is 2.27. The van der Waals surface area contributed by atoms with Crippen LogP contribution in [-0.4, -0.2) is 35.6 Å². The van der Waals surface area contributed by atoms with Gasteiger partial charge in [-0.05, 0) is 24.0 Å². The van der Waals surface area contributed by atoms with E-state index < -0.39 is 0 Å². The Hall–Kier alpha value is -3.08. The van der Waals surface area contributed by atoms with Crippen LogP contribution in [0.2, 0.25) is 0 Å². The summed E-state index contributed by atoms with van der Waals surface area (Å²) in [6, 6.07) is 21.4. The first kappa shape index (κ1) is 19.7. The third kappa shape index (κ3) is 5.98. The second-order valence-electron chi connectivity index (χ2n) is 6.74. The number of rotatable bonds is 9. The molecule has 5 heteroatoms. The Bertz CT molecular complexity index is 773. The quantitative estimate of drug-likeness (QED) is 0.341. The topological polar surface area (TPSA) is 54.2 Å². The molecule has 5 nitrogen and oxygen atoms in total. The minimum Gasteiger partial charge on any atom is -0.356 e. The number of guanidine groups is 1. The molecule has 0 aliphatic heterocycles. The third-order valence-electron chi connectivity index (χ3n) is 4.80. The number of benzene rings is 2. The van der Waals surface area contributed by atoms with Gasteiger partial charge >= 0.3 is 0 Å². The molecule has 0 unspecified atom stereocenters. The molecule has 0 fully saturated rings. The van der Waals surface area contributed by atoms with E-state index >= 15 is 0 Å². The molecule has 0 spiro atoms. The molecule has 0 atom stereocenters. The van der Waals surface area contributed by atoms with Crippen molar-refractivity contribution in [2.75, 3.05) is 20.1 Å². The van der Waals surface area contributed by atoms with Crippen LogP contribution in [0.5, 0.6) is 0 Å². The van der Waals surface area contributed by atoms with E-state index in [2.05, 4.69) is 85.8 Å². The van der Waals surface area contributed by atoms with Crippen molar-refractivity contribution in [2.45, 2.75) is 25.3 Å². The van der Waals surface area contributed by atoms with Crippen molar-refractivity contribution in [2.24, 2.45) is 4.99 Å². The van der Waals surface area contributed by atoms with Gasteiger partial charge in [-0.2, -0.15) is 0 Å². The second-order valence-corrected chi connectivity index (χ2v) is 6.74. The van der Waals surface area contributed by atoms with Gasteiger partial charge in [-0.1, -0.05) is 60.7 Å². The molecule has 0 bridgehead atoms. The maximum absolute atomic E-state index is 4.34. The molecule has 3 aromatic rings. The summed E-state index contributed by atoms with van der Waals surface area (Å²) in [4.78, 5) is 8.41. The van der Waals surface area contributed by atoms with Gasteiger partial charge in [0, 0.05) is 45.0 Å². The zero-order chi connectivity index (χ0) is 19.4. The average molecular weight is 376 g/mol. The van der Waals surface area contributed by atoms with Crippen molar-refractivity contribution < 1.29 is 0 Å². The Labute approximate surface area is 167 Å². The maximum atomic E-state index is 4.34. The highest BCUT2D eigenvalue weighted by molar-refractivity contribution is 5.79. The molecule has 0 aliphatic carbocycles. The summed E-state index contributed by atoms with van der Waals surface area (Å²) in [5.41, 5.74) is 2.69. The maximum Gasteiger partial charge on any atom is 0.190 e. The van der Waals surface area contributed by atoms with E-state index in [-0.39, 0.29) is 0 Å². The van der Waals surface area contributed by atoms with E-state index in [1.807, 2.05) is 25.8 Å². The zero-order valence-corrected chi connectivity index (χ0v) is 16.5. The summed E-state index contributed by atoms with van der Waals surface area (Å²) in [5, 5.41) is 6.84. The first-order valence-corrected chi connectivity index (χ1v) is 9.87. The standard InChI is InChI=1S/C23H29N5/c1-24-23(26-14-8-17-28-18-16-25-19-28)27-15-13-22(20-9-4-2-5-10-20)21-11-6-3-7-12-21/h2-7,9-12,16,18-19,22H,8,13-15,17H2,1H3,(H2,24,26,27). The molecule has 0 saturated carbocycles. The van der Waals surface area contributed by atoms with E-state index in [0.717, 1.165) is 38.4 Å². The van der Waals surface area contributed by atoms with Crippen molar-refractivity contribution in [1.82, 2.24) is 20.2 Å². The van der Waals surface area contributed by atoms with Crippen LogP contribution in [0.15, 0.2) is 84.4 Å². The van der Waals surface area contributed by atoms with Gasteiger partial charge in [0.25, 0.3) is 0 Å². The minimum atomic E-state index is 0.370. The van der Waals surface area contributed by atoms with E-state index in [0.29, 0.717) is 5.92 Å². The van der Waals surface area contributed by atoms with Crippen molar-refractivity contribution in [3.8, 4) is 0 Å². The monoisotopic (exact) mass is 375 g/mol. The van der Waals surface area contributed by atoms with Crippen LogP contribution in [-0.2, 0) is 6.54 Å². The number of nitrogens with zero attached hydrogens (tertiary/aromatic N) is 3. The molecule has 0 radical (unpaired) electrons. The zero-order valence-electron chi connectivity index (χ0n) is 16.5. The van der Waals surface area contributed by atoms with Crippen molar-refractivity contribution in [3.63, 3.8) is 0 Å². The molecule has 1 aromatic heterocycles. The number of nitrogens with one attached hydrogen (secondary N) is 2. The Balaban J connectivity index is 1.48. The first-order chi connectivity index (χ1) is 13.9. The fraction of sp³-hybridized carbons (Fsp3) is 0.304. The van der Waals surface area contributed by atoms with Crippen LogP contribution in [0.1, 0.15) is 29.9 Å². The molecule has 2 N–H and O–H groups in total. The van der Waals surface area contributed by atoms with Gasteiger partial charge in [-0.25, -0.2) is 4.98 Å². The van der Waals surface area contributed by atoms with Crippen molar-refractivity contribution in [3.05, 3.63) is 90.5 Å². The molecule has 0 saturated heterocycles. The van der Waals surface area contributed by atoms with Crippen LogP contribution in [0.3, 0.4) is 0 Å². The fourth-order valence-electron chi connectivity index (χ4n) is 3.34. The first-order valence-electron chi connectivity index (χ1n) is 9.87. The molecule has 1 heterocycles. The normalized spacial score (nSPS) is 11.6. The fourth-order valence-corrected chi connectivity index (χ4v) is 3.34. The summed E-state index contributed by atoms with van der Waals surface area (Å²) in [6.07, 6.45) is 7.67. The molecule has 2 aromatic carbocycles. The smallest absolute Gasteiger partial charge is 0.190 e. The van der Waals surface area contributed by atoms with E-state index in [1.165, 1.54) is 11.1 Å². The molecule has 28 heavy (non-hydrogen) atoms. The lowest BCUT2D eigenvalue weighted by atomic mass is 9.88. The minimum absolute atomic E-state index is 0.370. The average Bonchev–Trinajstić information content (AvgIpc) is 3.27. The number of aromatic nitrogens is 2. The molecule has 146 valence electrons. The summed E-state index contributed by atoms with van der Waals surface area (Å²) in [5.74, 6) is 1.22. The third-order valence-corrected chi connectivity index (χ3v) is 4.80. The molecule has 0 aliphatic rings. The predicted molar refractivity (Wildman–Crippen MR) is 116 cm³/mol. The van der Waals surface area contributed by atoms with Gasteiger partial charge in [0.2, 0.25) is 0 Å². The summed E-state index contributed by atoms with van der Waals surface area (Å²) in [7, 11) is 1.82. The predicted octanol–water partition coefficient (Wildman–Crippen LogP) is 3.66. The molecule has 3 rings (SSSR count).